The molecule has 0 saturated carbocycles. The van der Waals surface area contributed by atoms with Gasteiger partial charge in [-0.15, -0.1) is 0 Å². The second-order valence-electron chi connectivity index (χ2n) is 5.44. The highest BCUT2D eigenvalue weighted by Crippen LogP contribution is 2.10. The monoisotopic (exact) mass is 390 g/mol. The SMILES string of the molecule is CCCCCCCCCCCC(=O)O.O=S(=O)(O)O.OCC(O)CO. The lowest BCUT2D eigenvalue weighted by atomic mass is 10.1. The number of carboxylic acid groups (broad SMARTS) is 1. The van der Waals surface area contributed by atoms with E-state index in [1.165, 1.54) is 44.9 Å². The second kappa shape index (κ2) is 21.3. The first-order valence-electron chi connectivity index (χ1n) is 8.39. The summed E-state index contributed by atoms with van der Waals surface area (Å²) in [6.07, 6.45) is 10.5. The first-order valence-corrected chi connectivity index (χ1v) is 9.79. The van der Waals surface area contributed by atoms with Crippen LogP contribution in [-0.2, 0) is 15.2 Å². The van der Waals surface area contributed by atoms with E-state index in [1.807, 2.05) is 0 Å². The van der Waals surface area contributed by atoms with Gasteiger partial charge in [0.05, 0.1) is 13.2 Å². The highest BCUT2D eigenvalue weighted by Gasteiger charge is 1.96. The first kappa shape index (κ1) is 29.0. The molecule has 0 aromatic rings. The third kappa shape index (κ3) is 51.7. The van der Waals surface area contributed by atoms with E-state index in [-0.39, 0.29) is 13.2 Å². The maximum Gasteiger partial charge on any atom is 0.394 e. The Hall–Kier alpha value is -0.780. The molecule has 0 spiro atoms. The van der Waals surface area contributed by atoms with Gasteiger partial charge < -0.3 is 20.4 Å². The molecule has 0 rings (SSSR count). The largest absolute Gasteiger partial charge is 0.481 e. The van der Waals surface area contributed by atoms with E-state index in [4.69, 9.17) is 37.9 Å². The van der Waals surface area contributed by atoms with Crippen LogP contribution in [0.1, 0.15) is 71.1 Å². The zero-order valence-corrected chi connectivity index (χ0v) is 15.7. The average molecular weight is 390 g/mol. The van der Waals surface area contributed by atoms with Gasteiger partial charge in [-0.2, -0.15) is 8.42 Å². The molecule has 25 heavy (non-hydrogen) atoms. The van der Waals surface area contributed by atoms with E-state index >= 15 is 0 Å². The molecule has 6 N–H and O–H groups in total. The van der Waals surface area contributed by atoms with Gasteiger partial charge in [0.1, 0.15) is 6.10 Å². The zero-order chi connectivity index (χ0) is 20.1. The van der Waals surface area contributed by atoms with Crippen LogP contribution in [-0.4, -0.2) is 63.2 Å². The summed E-state index contributed by atoms with van der Waals surface area (Å²) in [5.41, 5.74) is 0. The van der Waals surface area contributed by atoms with E-state index in [9.17, 15) is 4.79 Å². The molecule has 0 radical (unpaired) electrons. The van der Waals surface area contributed by atoms with Gasteiger partial charge in [-0.3, -0.25) is 13.9 Å². The molecular weight excluding hydrogens is 356 g/mol. The van der Waals surface area contributed by atoms with Crippen molar-refractivity contribution in [2.24, 2.45) is 0 Å². The highest BCUT2D eigenvalue weighted by atomic mass is 32.3. The van der Waals surface area contributed by atoms with Crippen molar-refractivity contribution >= 4 is 16.4 Å². The molecule has 0 aliphatic carbocycles. The summed E-state index contributed by atoms with van der Waals surface area (Å²) in [4.78, 5) is 10.2. The lowest BCUT2D eigenvalue weighted by Crippen LogP contribution is -2.15. The highest BCUT2D eigenvalue weighted by molar-refractivity contribution is 7.79. The van der Waals surface area contributed by atoms with Gasteiger partial charge in [-0.05, 0) is 6.42 Å². The summed E-state index contributed by atoms with van der Waals surface area (Å²) in [5.74, 6) is -0.659. The molecule has 0 saturated heterocycles. The Morgan fingerprint density at radius 2 is 1.16 bits per heavy atom. The van der Waals surface area contributed by atoms with Crippen molar-refractivity contribution in [3.8, 4) is 0 Å². The van der Waals surface area contributed by atoms with Crippen LogP contribution >= 0.6 is 0 Å². The van der Waals surface area contributed by atoms with Crippen LogP contribution in [0.4, 0.5) is 0 Å². The molecule has 0 unspecified atom stereocenters. The van der Waals surface area contributed by atoms with Crippen molar-refractivity contribution in [3.63, 3.8) is 0 Å². The number of aliphatic carboxylic acids is 1. The Morgan fingerprint density at radius 3 is 1.40 bits per heavy atom. The number of aliphatic hydroxyl groups excluding tert-OH is 3. The number of hydrogen-bond donors (Lipinski definition) is 6. The van der Waals surface area contributed by atoms with Crippen molar-refractivity contribution < 1.29 is 42.7 Å². The fraction of sp³-hybridized carbons (Fsp3) is 0.933. The third-order valence-corrected chi connectivity index (χ3v) is 2.92. The molecule has 0 heterocycles. The molecule has 154 valence electrons. The fourth-order valence-corrected chi connectivity index (χ4v) is 1.64. The van der Waals surface area contributed by atoms with Gasteiger partial charge in [0.2, 0.25) is 0 Å². The van der Waals surface area contributed by atoms with E-state index in [1.54, 1.807) is 0 Å². The van der Waals surface area contributed by atoms with Gasteiger partial charge in [0.25, 0.3) is 0 Å². The van der Waals surface area contributed by atoms with Crippen molar-refractivity contribution in [2.75, 3.05) is 13.2 Å². The van der Waals surface area contributed by atoms with Gasteiger partial charge in [-0.1, -0.05) is 58.3 Å². The van der Waals surface area contributed by atoms with Crippen LogP contribution < -0.4 is 0 Å². The molecular formula is C15H34O9S. The number of aliphatic hydroxyl groups is 3. The molecule has 0 aromatic heterocycles. The third-order valence-electron chi connectivity index (χ3n) is 2.92. The zero-order valence-electron chi connectivity index (χ0n) is 14.9. The van der Waals surface area contributed by atoms with Crippen LogP contribution in [0.25, 0.3) is 0 Å². The first-order chi connectivity index (χ1) is 11.6. The minimum Gasteiger partial charge on any atom is -0.481 e. The molecule has 0 atom stereocenters. The number of hydrogen-bond acceptors (Lipinski definition) is 6. The van der Waals surface area contributed by atoms with E-state index in [0.29, 0.717) is 6.42 Å². The van der Waals surface area contributed by atoms with Gasteiger partial charge in [-0.25, -0.2) is 0 Å². The molecule has 0 bridgehead atoms. The Labute approximate surface area is 150 Å². The van der Waals surface area contributed by atoms with E-state index in [0.717, 1.165) is 12.8 Å². The molecule has 0 amide bonds. The topological polar surface area (TPSA) is 173 Å². The summed E-state index contributed by atoms with van der Waals surface area (Å²) in [6, 6.07) is 0. The van der Waals surface area contributed by atoms with Crippen LogP contribution in [0.15, 0.2) is 0 Å². The molecule has 0 aliphatic rings. The van der Waals surface area contributed by atoms with Crippen LogP contribution in [0.2, 0.25) is 0 Å². The maximum absolute atomic E-state index is 10.2. The molecule has 10 heteroatoms. The summed E-state index contributed by atoms with van der Waals surface area (Å²) < 4.78 is 31.6. The average Bonchev–Trinajstić information content (AvgIpc) is 2.51. The Bertz CT molecular complexity index is 359. The number of rotatable bonds is 12. The minimum atomic E-state index is -4.67. The molecule has 0 fully saturated rings. The molecule has 0 aliphatic heterocycles. The smallest absolute Gasteiger partial charge is 0.394 e. The lowest BCUT2D eigenvalue weighted by molar-refractivity contribution is -0.137. The van der Waals surface area contributed by atoms with Crippen molar-refractivity contribution in [2.45, 2.75) is 77.2 Å². The quantitative estimate of drug-likeness (QED) is 0.214. The fourth-order valence-electron chi connectivity index (χ4n) is 1.64. The van der Waals surface area contributed by atoms with Crippen LogP contribution in [0, 0.1) is 0 Å². The summed E-state index contributed by atoms with van der Waals surface area (Å²) in [7, 11) is -4.67. The van der Waals surface area contributed by atoms with Crippen molar-refractivity contribution in [3.05, 3.63) is 0 Å². The number of carbonyl (C=O) groups is 1. The normalized spacial score (nSPS) is 10.5. The summed E-state index contributed by atoms with van der Waals surface area (Å²) in [6.45, 7) is 1.50. The maximum atomic E-state index is 10.2. The number of carboxylic acids is 1. The molecule has 9 nitrogen and oxygen atoms in total. The summed E-state index contributed by atoms with van der Waals surface area (Å²) >= 11 is 0. The van der Waals surface area contributed by atoms with Crippen molar-refractivity contribution in [1.82, 2.24) is 0 Å². The second-order valence-corrected chi connectivity index (χ2v) is 6.33. The van der Waals surface area contributed by atoms with E-state index in [2.05, 4.69) is 6.92 Å². The molecule has 0 aromatic carbocycles. The Balaban J connectivity index is -0.000000362. The standard InChI is InChI=1S/C12H24O2.C3H8O3.H2O4S/c1-2-3-4-5-6-7-8-9-10-11-12(13)14;4-1-3(6)2-5;1-5(2,3)4/h2-11H2,1H3,(H,13,14);3-6H,1-2H2;(H2,1,2,3,4). The Kier molecular flexibility index (Phi) is 24.7. The van der Waals surface area contributed by atoms with Gasteiger partial charge >= 0.3 is 16.4 Å². The van der Waals surface area contributed by atoms with Crippen molar-refractivity contribution in [1.29, 1.82) is 0 Å². The van der Waals surface area contributed by atoms with Gasteiger partial charge in [0, 0.05) is 6.42 Å². The minimum absolute atomic E-state index is 0.343. The van der Waals surface area contributed by atoms with E-state index < -0.39 is 22.5 Å². The number of unbranched alkanes of at least 4 members (excludes halogenated alkanes) is 8. The predicted octanol–water partition coefficient (Wildman–Crippen LogP) is 1.67. The van der Waals surface area contributed by atoms with Crippen LogP contribution in [0.3, 0.4) is 0 Å². The van der Waals surface area contributed by atoms with Gasteiger partial charge in [0.15, 0.2) is 0 Å². The van der Waals surface area contributed by atoms with Crippen LogP contribution in [0.5, 0.6) is 0 Å². The Morgan fingerprint density at radius 1 is 0.840 bits per heavy atom. The predicted molar refractivity (Wildman–Crippen MR) is 93.8 cm³/mol. The lowest BCUT2D eigenvalue weighted by Gasteiger charge is -2.00. The summed E-state index contributed by atoms with van der Waals surface area (Å²) in [5, 5.41) is 32.4.